The average Bonchev–Trinajstić information content (AvgIpc) is 2.73. The van der Waals surface area contributed by atoms with Crippen LogP contribution in [0.25, 0.3) is 0 Å². The summed E-state index contributed by atoms with van der Waals surface area (Å²) in [6, 6.07) is 0.200. The van der Waals surface area contributed by atoms with E-state index in [-0.39, 0.29) is 11.3 Å². The maximum Gasteiger partial charge on any atom is 0.322 e. The Morgan fingerprint density at radius 1 is 1.33 bits per heavy atom. The molecule has 0 aliphatic heterocycles. The van der Waals surface area contributed by atoms with Crippen molar-refractivity contribution in [2.24, 2.45) is 0 Å². The van der Waals surface area contributed by atoms with E-state index >= 15 is 0 Å². The lowest BCUT2D eigenvalue weighted by molar-refractivity contribution is 0.378. The summed E-state index contributed by atoms with van der Waals surface area (Å²) in [6.07, 6.45) is 0. The quantitative estimate of drug-likeness (QED) is 0.855. The van der Waals surface area contributed by atoms with Gasteiger partial charge in [-0.05, 0) is 18.5 Å². The molecule has 0 aliphatic rings. The van der Waals surface area contributed by atoms with Gasteiger partial charge in [0.25, 0.3) is 0 Å². The van der Waals surface area contributed by atoms with Gasteiger partial charge in [0.1, 0.15) is 0 Å². The Balaban J connectivity index is 2.17. The molecule has 8 heteroatoms. The third kappa shape index (κ3) is 3.05. The third-order valence-corrected chi connectivity index (χ3v) is 3.16. The van der Waals surface area contributed by atoms with Crippen molar-refractivity contribution in [3.8, 4) is 6.01 Å². The molecule has 2 heterocycles. The highest BCUT2D eigenvalue weighted by atomic mass is 35.5. The van der Waals surface area contributed by atoms with Crippen LogP contribution in [0.1, 0.15) is 10.7 Å². The zero-order valence-electron chi connectivity index (χ0n) is 10.2. The second-order valence-corrected chi connectivity index (χ2v) is 5.01. The van der Waals surface area contributed by atoms with Crippen molar-refractivity contribution in [1.82, 2.24) is 19.9 Å². The lowest BCUT2D eigenvalue weighted by atomic mass is 10.4. The summed E-state index contributed by atoms with van der Waals surface area (Å²) in [5.74, 6) is 0.456. The molecule has 0 atom stereocenters. The first-order chi connectivity index (χ1) is 8.58. The molecule has 96 valence electrons. The van der Waals surface area contributed by atoms with Crippen molar-refractivity contribution in [1.29, 1.82) is 0 Å². The average molecular weight is 286 g/mol. The molecule has 18 heavy (non-hydrogen) atoms. The topological polar surface area (TPSA) is 64.0 Å². The first-order valence-corrected chi connectivity index (χ1v) is 6.42. The molecule has 2 aromatic heterocycles. The summed E-state index contributed by atoms with van der Waals surface area (Å²) in [5.41, 5.74) is 0.968. The number of aromatic nitrogens is 4. The summed E-state index contributed by atoms with van der Waals surface area (Å²) in [4.78, 5) is 18.2. The molecule has 0 aromatic carbocycles. The second-order valence-electron chi connectivity index (χ2n) is 3.61. The number of ether oxygens (including phenoxy) is 1. The van der Waals surface area contributed by atoms with Gasteiger partial charge in [-0.3, -0.25) is 0 Å². The molecule has 0 saturated carbocycles. The number of thiazole rings is 1. The van der Waals surface area contributed by atoms with Gasteiger partial charge in [-0.25, -0.2) is 4.98 Å². The van der Waals surface area contributed by atoms with Gasteiger partial charge in [-0.1, -0.05) is 0 Å². The molecule has 2 aromatic rings. The summed E-state index contributed by atoms with van der Waals surface area (Å²) in [5, 5.41) is 3.15. The number of aryl methyl sites for hydroxylation is 1. The minimum atomic E-state index is 0.109. The normalized spacial score (nSPS) is 10.4. The summed E-state index contributed by atoms with van der Waals surface area (Å²) < 4.78 is 4.95. The van der Waals surface area contributed by atoms with Crippen LogP contribution in [0.3, 0.4) is 0 Å². The number of methoxy groups -OCH3 is 1. The van der Waals surface area contributed by atoms with Crippen LogP contribution >= 0.6 is 22.9 Å². The Kier molecular flexibility index (Phi) is 3.93. The van der Waals surface area contributed by atoms with Gasteiger partial charge in [0, 0.05) is 12.4 Å². The van der Waals surface area contributed by atoms with Gasteiger partial charge in [0.15, 0.2) is 0 Å². The van der Waals surface area contributed by atoms with E-state index in [1.165, 1.54) is 7.11 Å². The highest BCUT2D eigenvalue weighted by Gasteiger charge is 2.11. The summed E-state index contributed by atoms with van der Waals surface area (Å²) in [7, 11) is 3.35. The maximum absolute atomic E-state index is 5.80. The van der Waals surface area contributed by atoms with Crippen LogP contribution in [0.2, 0.25) is 5.28 Å². The molecule has 0 bridgehead atoms. The molecule has 0 radical (unpaired) electrons. The lowest BCUT2D eigenvalue weighted by Gasteiger charge is -2.15. The smallest absolute Gasteiger partial charge is 0.322 e. The molecule has 6 nitrogen and oxygen atoms in total. The molecular weight excluding hydrogens is 274 g/mol. The second kappa shape index (κ2) is 5.45. The van der Waals surface area contributed by atoms with Crippen LogP contribution in [0.15, 0.2) is 5.38 Å². The van der Waals surface area contributed by atoms with Gasteiger partial charge in [-0.2, -0.15) is 15.0 Å². The molecule has 0 amide bonds. The van der Waals surface area contributed by atoms with Gasteiger partial charge >= 0.3 is 6.01 Å². The molecular formula is C10H12ClN5OS. The predicted octanol–water partition coefficient (Wildman–Crippen LogP) is 1.93. The molecule has 2 rings (SSSR count). The predicted molar refractivity (Wildman–Crippen MR) is 70.3 cm³/mol. The van der Waals surface area contributed by atoms with E-state index < -0.39 is 0 Å². The van der Waals surface area contributed by atoms with Gasteiger partial charge in [0.2, 0.25) is 11.2 Å². The van der Waals surface area contributed by atoms with E-state index in [0.29, 0.717) is 12.5 Å². The van der Waals surface area contributed by atoms with E-state index in [4.69, 9.17) is 16.3 Å². The fourth-order valence-corrected chi connectivity index (χ4v) is 2.13. The van der Waals surface area contributed by atoms with Gasteiger partial charge in [0.05, 0.1) is 24.4 Å². The van der Waals surface area contributed by atoms with Crippen molar-refractivity contribution < 1.29 is 4.74 Å². The highest BCUT2D eigenvalue weighted by molar-refractivity contribution is 7.09. The number of halogens is 1. The molecule has 0 fully saturated rings. The van der Waals surface area contributed by atoms with Crippen molar-refractivity contribution in [3.63, 3.8) is 0 Å². The van der Waals surface area contributed by atoms with Crippen molar-refractivity contribution >= 4 is 28.9 Å². The number of nitrogens with zero attached hydrogens (tertiary/aromatic N) is 5. The van der Waals surface area contributed by atoms with E-state index in [2.05, 4.69) is 19.9 Å². The zero-order valence-corrected chi connectivity index (χ0v) is 11.8. The molecule has 0 saturated heterocycles. The highest BCUT2D eigenvalue weighted by Crippen LogP contribution is 2.16. The molecule has 0 aliphatic carbocycles. The van der Waals surface area contributed by atoms with Gasteiger partial charge < -0.3 is 9.64 Å². The van der Waals surface area contributed by atoms with Crippen LogP contribution in [0, 0.1) is 6.92 Å². The lowest BCUT2D eigenvalue weighted by Crippen LogP contribution is -2.20. The van der Waals surface area contributed by atoms with Crippen LogP contribution in [0.4, 0.5) is 5.95 Å². The number of rotatable bonds is 4. The number of hydrogen-bond acceptors (Lipinski definition) is 7. The molecule has 0 N–H and O–H groups in total. The van der Waals surface area contributed by atoms with Crippen LogP contribution in [0.5, 0.6) is 6.01 Å². The first-order valence-electron chi connectivity index (χ1n) is 5.16. The minimum absolute atomic E-state index is 0.109. The summed E-state index contributed by atoms with van der Waals surface area (Å²) in [6.45, 7) is 2.57. The van der Waals surface area contributed by atoms with E-state index in [9.17, 15) is 0 Å². The third-order valence-electron chi connectivity index (χ3n) is 2.17. The van der Waals surface area contributed by atoms with Crippen LogP contribution in [-0.4, -0.2) is 34.1 Å². The Bertz CT molecular complexity index is 547. The Morgan fingerprint density at radius 2 is 2.11 bits per heavy atom. The number of anilines is 1. The van der Waals surface area contributed by atoms with E-state index in [1.807, 2.05) is 24.3 Å². The number of hydrogen-bond donors (Lipinski definition) is 0. The van der Waals surface area contributed by atoms with Crippen LogP contribution < -0.4 is 9.64 Å². The molecule has 0 unspecified atom stereocenters. The van der Waals surface area contributed by atoms with Crippen LogP contribution in [-0.2, 0) is 6.54 Å². The summed E-state index contributed by atoms with van der Waals surface area (Å²) >= 11 is 7.41. The van der Waals surface area contributed by atoms with Crippen molar-refractivity contribution in [2.75, 3.05) is 19.1 Å². The molecule has 0 spiro atoms. The van der Waals surface area contributed by atoms with E-state index in [1.54, 1.807) is 11.3 Å². The fraction of sp³-hybridized carbons (Fsp3) is 0.400. The monoisotopic (exact) mass is 285 g/mol. The first kappa shape index (κ1) is 13.0. The van der Waals surface area contributed by atoms with E-state index in [0.717, 1.165) is 10.7 Å². The largest absolute Gasteiger partial charge is 0.467 e. The minimum Gasteiger partial charge on any atom is -0.467 e. The Hall–Kier alpha value is -1.47. The standard InChI is InChI=1S/C10H12ClN5OS/c1-6-12-7(5-18-6)4-16(2)9-13-8(11)14-10(15-9)17-3/h5H,4H2,1-3H3. The zero-order chi connectivity index (χ0) is 13.1. The fourth-order valence-electron chi connectivity index (χ4n) is 1.38. The maximum atomic E-state index is 5.80. The van der Waals surface area contributed by atoms with Crippen molar-refractivity contribution in [3.05, 3.63) is 21.4 Å². The Morgan fingerprint density at radius 3 is 2.72 bits per heavy atom. The Labute approximate surface area is 114 Å². The van der Waals surface area contributed by atoms with Crippen molar-refractivity contribution in [2.45, 2.75) is 13.5 Å². The van der Waals surface area contributed by atoms with Gasteiger partial charge in [-0.15, -0.1) is 11.3 Å². The SMILES string of the molecule is COc1nc(Cl)nc(N(C)Cc2csc(C)n2)n1.